The molecule has 2 N–H and O–H groups in total. The highest BCUT2D eigenvalue weighted by Gasteiger charge is 2.21. The Kier molecular flexibility index (Phi) is 6.77. The van der Waals surface area contributed by atoms with Crippen LogP contribution < -0.4 is 10.6 Å². The summed E-state index contributed by atoms with van der Waals surface area (Å²) in [6, 6.07) is 8.88. The van der Waals surface area contributed by atoms with Crippen LogP contribution in [-0.2, 0) is 0 Å². The second-order valence-electron chi connectivity index (χ2n) is 7.16. The smallest absolute Gasteiger partial charge is 0.223 e. The Bertz CT molecular complexity index is 921. The molecule has 1 aromatic heterocycles. The molecule has 0 saturated carbocycles. The first-order valence-electron chi connectivity index (χ1n) is 9.89. The van der Waals surface area contributed by atoms with Gasteiger partial charge in [-0.05, 0) is 56.3 Å². The number of anilines is 1. The van der Waals surface area contributed by atoms with Crippen molar-refractivity contribution in [1.29, 1.82) is 0 Å². The minimum Gasteiger partial charge on any atom is -0.350 e. The standard InChI is InChI=1S/C23H28FN5/c1-5-22(19-7-6-8-20(24)14-19)29-12-10-18(13-17(29)3)21-9-11-26-23(28-21)27-16(2)15-25-4/h6-14,16,22,25H,3,5,15H2,1-2,4H3,(H,26,27,28). The normalized spacial score (nSPS) is 15.8. The van der Waals surface area contributed by atoms with Crippen molar-refractivity contribution < 1.29 is 4.39 Å². The number of halogens is 1. The van der Waals surface area contributed by atoms with E-state index in [1.54, 1.807) is 18.3 Å². The number of allylic oxidation sites excluding steroid dienone is 3. The minimum atomic E-state index is -0.225. The first-order valence-corrected chi connectivity index (χ1v) is 9.89. The molecule has 5 nitrogen and oxygen atoms in total. The van der Waals surface area contributed by atoms with Crippen molar-refractivity contribution in [2.24, 2.45) is 0 Å². The molecule has 29 heavy (non-hydrogen) atoms. The van der Waals surface area contributed by atoms with E-state index in [1.807, 2.05) is 37.5 Å². The highest BCUT2D eigenvalue weighted by atomic mass is 19.1. The molecule has 0 fully saturated rings. The molecule has 1 aliphatic heterocycles. The zero-order valence-electron chi connectivity index (χ0n) is 17.2. The molecule has 0 radical (unpaired) electrons. The van der Waals surface area contributed by atoms with Crippen LogP contribution in [0.1, 0.15) is 37.6 Å². The maximum absolute atomic E-state index is 13.7. The van der Waals surface area contributed by atoms with Crippen molar-refractivity contribution in [1.82, 2.24) is 20.2 Å². The number of hydrogen-bond acceptors (Lipinski definition) is 5. The summed E-state index contributed by atoms with van der Waals surface area (Å²) in [6.45, 7) is 9.20. The van der Waals surface area contributed by atoms with E-state index >= 15 is 0 Å². The first kappa shape index (κ1) is 20.7. The van der Waals surface area contributed by atoms with Gasteiger partial charge in [0.25, 0.3) is 0 Å². The summed E-state index contributed by atoms with van der Waals surface area (Å²) in [7, 11) is 1.91. The predicted octanol–water partition coefficient (Wildman–Crippen LogP) is 4.51. The molecule has 3 rings (SSSR count). The fourth-order valence-electron chi connectivity index (χ4n) is 3.50. The zero-order chi connectivity index (χ0) is 20.8. The average Bonchev–Trinajstić information content (AvgIpc) is 2.70. The number of rotatable bonds is 8. The van der Waals surface area contributed by atoms with Gasteiger partial charge in [-0.15, -0.1) is 0 Å². The molecule has 6 heteroatoms. The van der Waals surface area contributed by atoms with Gasteiger partial charge < -0.3 is 15.5 Å². The van der Waals surface area contributed by atoms with Crippen molar-refractivity contribution in [2.45, 2.75) is 32.4 Å². The van der Waals surface area contributed by atoms with E-state index < -0.39 is 0 Å². The summed E-state index contributed by atoms with van der Waals surface area (Å²) in [5.74, 6) is 0.371. The quantitative estimate of drug-likeness (QED) is 0.691. The van der Waals surface area contributed by atoms with Gasteiger partial charge in [0.2, 0.25) is 5.95 Å². The van der Waals surface area contributed by atoms with Gasteiger partial charge in [-0.1, -0.05) is 25.6 Å². The summed E-state index contributed by atoms with van der Waals surface area (Å²) >= 11 is 0. The van der Waals surface area contributed by atoms with Crippen LogP contribution in [0.15, 0.2) is 67.2 Å². The van der Waals surface area contributed by atoms with Gasteiger partial charge in [0.1, 0.15) is 5.82 Å². The van der Waals surface area contributed by atoms with E-state index in [9.17, 15) is 4.39 Å². The lowest BCUT2D eigenvalue weighted by Gasteiger charge is -2.33. The highest BCUT2D eigenvalue weighted by Crippen LogP contribution is 2.33. The van der Waals surface area contributed by atoms with Crippen LogP contribution >= 0.6 is 0 Å². The Morgan fingerprint density at radius 3 is 2.79 bits per heavy atom. The third-order valence-corrected chi connectivity index (χ3v) is 4.86. The summed E-state index contributed by atoms with van der Waals surface area (Å²) in [5, 5.41) is 6.42. The maximum Gasteiger partial charge on any atom is 0.223 e. The molecule has 2 unspecified atom stereocenters. The van der Waals surface area contributed by atoms with Crippen LogP contribution in [0.2, 0.25) is 0 Å². The first-order chi connectivity index (χ1) is 14.0. The molecular formula is C23H28FN5. The van der Waals surface area contributed by atoms with Crippen LogP contribution in [0.5, 0.6) is 0 Å². The molecule has 0 saturated heterocycles. The van der Waals surface area contributed by atoms with E-state index in [0.717, 1.165) is 35.5 Å². The predicted molar refractivity (Wildman–Crippen MR) is 117 cm³/mol. The van der Waals surface area contributed by atoms with E-state index in [0.29, 0.717) is 5.95 Å². The van der Waals surface area contributed by atoms with Crippen molar-refractivity contribution in [3.8, 4) is 0 Å². The van der Waals surface area contributed by atoms with Crippen molar-refractivity contribution in [3.05, 3.63) is 84.2 Å². The van der Waals surface area contributed by atoms with Crippen LogP contribution in [0.4, 0.5) is 10.3 Å². The summed E-state index contributed by atoms with van der Waals surface area (Å²) < 4.78 is 13.7. The second-order valence-corrected chi connectivity index (χ2v) is 7.16. The van der Waals surface area contributed by atoms with Gasteiger partial charge >= 0.3 is 0 Å². The van der Waals surface area contributed by atoms with E-state index in [-0.39, 0.29) is 17.9 Å². The summed E-state index contributed by atoms with van der Waals surface area (Å²) in [6.07, 6.45) is 8.60. The summed E-state index contributed by atoms with van der Waals surface area (Å²) in [4.78, 5) is 11.0. The number of hydrogen-bond donors (Lipinski definition) is 2. The van der Waals surface area contributed by atoms with E-state index in [2.05, 4.69) is 45.9 Å². The van der Waals surface area contributed by atoms with E-state index in [1.165, 1.54) is 6.07 Å². The third kappa shape index (κ3) is 5.09. The number of benzene rings is 1. The second kappa shape index (κ2) is 9.47. The Morgan fingerprint density at radius 1 is 1.28 bits per heavy atom. The summed E-state index contributed by atoms with van der Waals surface area (Å²) in [5.41, 5.74) is 3.57. The lowest BCUT2D eigenvalue weighted by molar-refractivity contribution is 0.344. The molecule has 0 amide bonds. The van der Waals surface area contributed by atoms with Crippen molar-refractivity contribution in [3.63, 3.8) is 0 Å². The van der Waals surface area contributed by atoms with Crippen molar-refractivity contribution in [2.75, 3.05) is 18.9 Å². The van der Waals surface area contributed by atoms with Crippen LogP contribution in [0, 0.1) is 5.82 Å². The van der Waals surface area contributed by atoms with Crippen LogP contribution in [0.25, 0.3) is 5.57 Å². The molecule has 2 heterocycles. The molecule has 0 spiro atoms. The minimum absolute atomic E-state index is 0.0253. The molecule has 1 aliphatic rings. The molecule has 0 bridgehead atoms. The van der Waals surface area contributed by atoms with Crippen molar-refractivity contribution >= 4 is 11.5 Å². The fraction of sp³-hybridized carbons (Fsp3) is 0.304. The monoisotopic (exact) mass is 393 g/mol. The SMILES string of the molecule is C=C1C=C(c2ccnc(NC(C)CNC)n2)C=CN1C(CC)c1cccc(F)c1. The molecule has 0 aliphatic carbocycles. The Morgan fingerprint density at radius 2 is 2.10 bits per heavy atom. The third-order valence-electron chi connectivity index (χ3n) is 4.86. The number of aromatic nitrogens is 2. The topological polar surface area (TPSA) is 53.1 Å². The molecule has 2 atom stereocenters. The lowest BCUT2D eigenvalue weighted by Crippen LogP contribution is -2.28. The van der Waals surface area contributed by atoms with Gasteiger partial charge in [-0.3, -0.25) is 0 Å². The Hall–Kier alpha value is -2.99. The number of nitrogens with one attached hydrogen (secondary N) is 2. The van der Waals surface area contributed by atoms with Gasteiger partial charge in [-0.25, -0.2) is 14.4 Å². The van der Waals surface area contributed by atoms with Gasteiger partial charge in [0.15, 0.2) is 0 Å². The zero-order valence-corrected chi connectivity index (χ0v) is 17.2. The number of nitrogens with zero attached hydrogens (tertiary/aromatic N) is 3. The molecule has 152 valence electrons. The fourth-order valence-corrected chi connectivity index (χ4v) is 3.50. The average molecular weight is 394 g/mol. The van der Waals surface area contributed by atoms with Crippen LogP contribution in [-0.4, -0.2) is 34.5 Å². The van der Waals surface area contributed by atoms with Gasteiger partial charge in [0.05, 0.1) is 11.7 Å². The van der Waals surface area contributed by atoms with Crippen LogP contribution in [0.3, 0.4) is 0 Å². The van der Waals surface area contributed by atoms with E-state index in [4.69, 9.17) is 0 Å². The Labute approximate surface area is 172 Å². The number of likely N-dealkylation sites (N-methyl/N-ethyl adjacent to an activating group) is 1. The maximum atomic E-state index is 13.7. The van der Waals surface area contributed by atoms with Gasteiger partial charge in [0, 0.05) is 36.3 Å². The molecule has 1 aromatic carbocycles. The highest BCUT2D eigenvalue weighted by molar-refractivity contribution is 5.75. The largest absolute Gasteiger partial charge is 0.350 e. The Balaban J connectivity index is 1.78. The van der Waals surface area contributed by atoms with Gasteiger partial charge in [-0.2, -0.15) is 0 Å². The molecule has 2 aromatic rings. The molecular weight excluding hydrogens is 365 g/mol. The lowest BCUT2D eigenvalue weighted by atomic mass is 10.00.